The molecule has 0 N–H and O–H groups in total. The third kappa shape index (κ3) is 3.73. The molecule has 2 aromatic carbocycles. The third-order valence-corrected chi connectivity index (χ3v) is 4.24. The lowest BCUT2D eigenvalue weighted by Crippen LogP contribution is -2.12. The number of esters is 1. The van der Waals surface area contributed by atoms with Crippen molar-refractivity contribution < 1.29 is 23.1 Å². The molecule has 0 saturated heterocycles. The number of benzene rings is 2. The van der Waals surface area contributed by atoms with Gasteiger partial charge < -0.3 is 18.3 Å². The summed E-state index contributed by atoms with van der Waals surface area (Å²) in [5.41, 5.74) is 0.675. The first-order valence-electron chi connectivity index (χ1n) is 8.77. The van der Waals surface area contributed by atoms with Crippen LogP contribution >= 0.6 is 0 Å². The summed E-state index contributed by atoms with van der Waals surface area (Å²) >= 11 is 0. The highest BCUT2D eigenvalue weighted by Gasteiger charge is 2.22. The minimum absolute atomic E-state index is 0.118. The van der Waals surface area contributed by atoms with Crippen LogP contribution in [0.2, 0.25) is 0 Å². The highest BCUT2D eigenvalue weighted by molar-refractivity contribution is 5.89. The van der Waals surface area contributed by atoms with E-state index >= 15 is 0 Å². The second kappa shape index (κ2) is 7.59. The number of nitrogens with zero attached hydrogens (tertiary/aromatic N) is 2. The zero-order valence-corrected chi connectivity index (χ0v) is 15.6. The molecule has 4 rings (SSSR count). The van der Waals surface area contributed by atoms with E-state index in [1.165, 1.54) is 0 Å². The predicted octanol–water partition coefficient (Wildman–Crippen LogP) is 3.77. The molecule has 8 heteroatoms. The minimum Gasteiger partial charge on any atom is -0.497 e. The zero-order chi connectivity index (χ0) is 20.4. The number of carbonyl (C=O) groups is 1. The van der Waals surface area contributed by atoms with Crippen LogP contribution in [0.4, 0.5) is 0 Å². The van der Waals surface area contributed by atoms with Crippen molar-refractivity contribution in [2.75, 3.05) is 7.11 Å². The van der Waals surface area contributed by atoms with Crippen LogP contribution in [0.5, 0.6) is 5.75 Å². The number of rotatable bonds is 5. The molecule has 1 atom stereocenters. The summed E-state index contributed by atoms with van der Waals surface area (Å²) in [6, 6.07) is 14.8. The van der Waals surface area contributed by atoms with E-state index in [0.717, 1.165) is 6.07 Å². The van der Waals surface area contributed by atoms with Gasteiger partial charge in [-0.1, -0.05) is 12.1 Å². The summed E-state index contributed by atoms with van der Waals surface area (Å²) in [5.74, 6) is 0.0998. The van der Waals surface area contributed by atoms with Crippen molar-refractivity contribution in [1.82, 2.24) is 10.2 Å². The number of aromatic nitrogens is 2. The van der Waals surface area contributed by atoms with Crippen molar-refractivity contribution in [3.63, 3.8) is 0 Å². The van der Waals surface area contributed by atoms with E-state index in [1.807, 2.05) is 0 Å². The third-order valence-electron chi connectivity index (χ3n) is 4.24. The van der Waals surface area contributed by atoms with Crippen LogP contribution in [0.3, 0.4) is 0 Å². The van der Waals surface area contributed by atoms with E-state index in [1.54, 1.807) is 62.6 Å². The fraction of sp³-hybridized carbons (Fsp3) is 0.143. The van der Waals surface area contributed by atoms with Crippen LogP contribution < -0.4 is 10.2 Å². The van der Waals surface area contributed by atoms with Crippen molar-refractivity contribution in [2.24, 2.45) is 0 Å². The topological polar surface area (TPSA) is 105 Å². The Morgan fingerprint density at radius 1 is 1.03 bits per heavy atom. The molecular weight excluding hydrogens is 376 g/mol. The lowest BCUT2D eigenvalue weighted by molar-refractivity contribution is 0.0245. The summed E-state index contributed by atoms with van der Waals surface area (Å²) in [6.07, 6.45) is -0.834. The first-order chi connectivity index (χ1) is 14.0. The molecule has 0 spiro atoms. The number of para-hydroxylation sites is 1. The summed E-state index contributed by atoms with van der Waals surface area (Å²) < 4.78 is 21.5. The van der Waals surface area contributed by atoms with E-state index < -0.39 is 12.1 Å². The number of hydrogen-bond donors (Lipinski definition) is 0. The highest BCUT2D eigenvalue weighted by Crippen LogP contribution is 2.25. The van der Waals surface area contributed by atoms with Gasteiger partial charge in [-0.25, -0.2) is 4.79 Å². The first-order valence-corrected chi connectivity index (χ1v) is 8.77. The number of fused-ring (bicyclic) bond motifs is 1. The van der Waals surface area contributed by atoms with Gasteiger partial charge in [0.2, 0.25) is 11.7 Å². The molecule has 0 bridgehead atoms. The van der Waals surface area contributed by atoms with Gasteiger partial charge in [0.25, 0.3) is 5.89 Å². The summed E-state index contributed by atoms with van der Waals surface area (Å²) in [6.45, 7) is 1.59. The average Bonchev–Trinajstić information content (AvgIpc) is 3.24. The van der Waals surface area contributed by atoms with Gasteiger partial charge in [0.15, 0.2) is 11.5 Å². The molecule has 0 fully saturated rings. The lowest BCUT2D eigenvalue weighted by Gasteiger charge is -2.09. The molecule has 29 heavy (non-hydrogen) atoms. The molecule has 0 aliphatic carbocycles. The minimum atomic E-state index is -0.834. The number of methoxy groups -OCH3 is 1. The van der Waals surface area contributed by atoms with Crippen LogP contribution in [0.15, 0.2) is 68.2 Å². The molecule has 2 aromatic heterocycles. The molecule has 0 amide bonds. The van der Waals surface area contributed by atoms with E-state index in [0.29, 0.717) is 22.3 Å². The molecule has 0 radical (unpaired) electrons. The van der Waals surface area contributed by atoms with Crippen LogP contribution in [-0.2, 0) is 4.74 Å². The summed E-state index contributed by atoms with van der Waals surface area (Å²) in [4.78, 5) is 24.6. The van der Waals surface area contributed by atoms with Crippen LogP contribution in [0.25, 0.3) is 22.4 Å². The Morgan fingerprint density at radius 3 is 2.55 bits per heavy atom. The molecule has 0 aliphatic heterocycles. The fourth-order valence-corrected chi connectivity index (χ4v) is 2.72. The number of hydrogen-bond acceptors (Lipinski definition) is 8. The Hall–Kier alpha value is -3.94. The van der Waals surface area contributed by atoms with E-state index in [2.05, 4.69) is 10.2 Å². The Morgan fingerprint density at radius 2 is 1.79 bits per heavy atom. The van der Waals surface area contributed by atoms with Gasteiger partial charge in [0.1, 0.15) is 11.3 Å². The summed E-state index contributed by atoms with van der Waals surface area (Å²) in [7, 11) is 1.58. The molecule has 4 aromatic rings. The Balaban J connectivity index is 1.52. The number of carbonyl (C=O) groups excluding carboxylic acids is 1. The van der Waals surface area contributed by atoms with E-state index in [9.17, 15) is 9.59 Å². The molecule has 2 heterocycles. The molecule has 0 aliphatic rings. The van der Waals surface area contributed by atoms with Crippen LogP contribution in [-0.4, -0.2) is 23.3 Å². The quantitative estimate of drug-likeness (QED) is 0.473. The van der Waals surface area contributed by atoms with Crippen molar-refractivity contribution in [1.29, 1.82) is 0 Å². The second-order valence-electron chi connectivity index (χ2n) is 6.19. The number of ether oxygens (including phenoxy) is 2. The van der Waals surface area contributed by atoms with E-state index in [-0.39, 0.29) is 23.0 Å². The van der Waals surface area contributed by atoms with Gasteiger partial charge in [-0.3, -0.25) is 4.79 Å². The normalized spacial score (nSPS) is 11.9. The molecule has 146 valence electrons. The Bertz CT molecular complexity index is 1230. The van der Waals surface area contributed by atoms with Crippen LogP contribution in [0.1, 0.15) is 29.5 Å². The molecule has 8 nitrogen and oxygen atoms in total. The lowest BCUT2D eigenvalue weighted by atomic mass is 10.2. The molecule has 0 saturated carbocycles. The molecular formula is C21H16N2O6. The van der Waals surface area contributed by atoms with Gasteiger partial charge in [0, 0.05) is 11.6 Å². The fourth-order valence-electron chi connectivity index (χ4n) is 2.72. The Labute approximate surface area is 164 Å². The van der Waals surface area contributed by atoms with Gasteiger partial charge in [-0.15, -0.1) is 10.2 Å². The Kier molecular flexibility index (Phi) is 4.82. The SMILES string of the molecule is COc1ccc(-c2nnc([C@H](C)OC(=O)c3cc(=O)c4ccccc4o3)o2)cc1. The maximum absolute atomic E-state index is 12.4. The monoisotopic (exact) mass is 392 g/mol. The van der Waals surface area contributed by atoms with Gasteiger partial charge in [-0.05, 0) is 43.3 Å². The first kappa shape index (κ1) is 18.4. The van der Waals surface area contributed by atoms with Crippen molar-refractivity contribution >= 4 is 16.9 Å². The van der Waals surface area contributed by atoms with Gasteiger partial charge in [-0.2, -0.15) is 0 Å². The van der Waals surface area contributed by atoms with Crippen molar-refractivity contribution in [2.45, 2.75) is 13.0 Å². The van der Waals surface area contributed by atoms with Gasteiger partial charge in [0.05, 0.1) is 12.5 Å². The van der Waals surface area contributed by atoms with Crippen molar-refractivity contribution in [3.05, 3.63) is 76.5 Å². The zero-order valence-electron chi connectivity index (χ0n) is 15.6. The van der Waals surface area contributed by atoms with Crippen LogP contribution in [0, 0.1) is 0 Å². The van der Waals surface area contributed by atoms with Crippen molar-refractivity contribution in [3.8, 4) is 17.2 Å². The molecule has 0 unspecified atom stereocenters. The maximum atomic E-state index is 12.4. The predicted molar refractivity (Wildman–Crippen MR) is 103 cm³/mol. The standard InChI is InChI=1S/C21H16N2O6/c1-12(19-22-23-20(29-19)13-7-9-14(26-2)10-8-13)27-21(25)18-11-16(24)15-5-3-4-6-17(15)28-18/h3-12H,1-2H3/t12-/m0/s1. The summed E-state index contributed by atoms with van der Waals surface area (Å²) in [5, 5.41) is 8.29. The smallest absolute Gasteiger partial charge is 0.375 e. The maximum Gasteiger partial charge on any atom is 0.375 e. The average molecular weight is 392 g/mol. The second-order valence-corrected chi connectivity index (χ2v) is 6.19. The largest absolute Gasteiger partial charge is 0.497 e. The van der Waals surface area contributed by atoms with Gasteiger partial charge >= 0.3 is 5.97 Å². The van der Waals surface area contributed by atoms with E-state index in [4.69, 9.17) is 18.3 Å². The highest BCUT2D eigenvalue weighted by atomic mass is 16.6.